The zero-order valence-electron chi connectivity index (χ0n) is 33.9. The number of nitrogens with zero attached hydrogens (tertiary/aromatic N) is 4. The lowest BCUT2D eigenvalue weighted by Gasteiger charge is -2.21. The third-order valence-electron chi connectivity index (χ3n) is 13.6. The Kier molecular flexibility index (Phi) is 7.41. The Hall–Kier alpha value is -8.54. The van der Waals surface area contributed by atoms with Crippen molar-refractivity contribution in [2.45, 2.75) is 26.7 Å². The van der Waals surface area contributed by atoms with Gasteiger partial charge in [-0.05, 0) is 157 Å². The van der Waals surface area contributed by atoms with Crippen LogP contribution in [0.4, 0.5) is 0 Å². The lowest BCUT2D eigenvalue weighted by atomic mass is 9.80. The highest BCUT2D eigenvalue weighted by atomic mass is 14.4. The fraction of sp³-hybridized carbons (Fsp3) is 0.0690. The van der Waals surface area contributed by atoms with Crippen LogP contribution in [0.5, 0.6) is 0 Å². The van der Waals surface area contributed by atoms with Gasteiger partial charge in [0.2, 0.25) is 0 Å². The molecule has 12 rings (SSSR count). The molecule has 0 N–H and O–H groups in total. The number of rotatable bonds is 4. The van der Waals surface area contributed by atoms with E-state index in [-0.39, 0.29) is 0 Å². The zero-order chi connectivity index (χ0) is 42.0. The summed E-state index contributed by atoms with van der Waals surface area (Å²) in [7, 11) is 0. The predicted molar refractivity (Wildman–Crippen MR) is 255 cm³/mol. The Bertz CT molecular complexity index is 4160. The fourth-order valence-corrected chi connectivity index (χ4v) is 11.0. The van der Waals surface area contributed by atoms with Gasteiger partial charge < -0.3 is 0 Å². The van der Waals surface area contributed by atoms with Crippen LogP contribution in [0, 0.1) is 45.3 Å². The van der Waals surface area contributed by atoms with Crippen LogP contribution >= 0.6 is 0 Å². The van der Waals surface area contributed by atoms with Crippen molar-refractivity contribution in [3.8, 4) is 46.5 Å². The first-order valence-electron chi connectivity index (χ1n) is 21.0. The molecule has 0 aliphatic carbocycles. The van der Waals surface area contributed by atoms with Gasteiger partial charge in [0.05, 0.1) is 34.4 Å². The van der Waals surface area contributed by atoms with Crippen molar-refractivity contribution in [1.29, 1.82) is 21.0 Å². The summed E-state index contributed by atoms with van der Waals surface area (Å²) in [6.45, 7) is 4.09. The number of benzene rings is 10. The minimum atomic E-state index is 0.420. The summed E-state index contributed by atoms with van der Waals surface area (Å²) in [6.07, 6.45) is 1.23. The molecular weight excluding hydrogens is 753 g/mol. The Labute approximate surface area is 356 Å². The highest BCUT2D eigenvalue weighted by Gasteiger charge is 2.30. The normalized spacial score (nSPS) is 11.8. The zero-order valence-corrected chi connectivity index (χ0v) is 33.9. The van der Waals surface area contributed by atoms with Gasteiger partial charge in [0.25, 0.3) is 0 Å². The Morgan fingerprint density at radius 2 is 0.742 bits per heavy atom. The smallest absolute Gasteiger partial charge is 0.100 e. The highest BCUT2D eigenvalue weighted by molar-refractivity contribution is 6.44. The maximum Gasteiger partial charge on any atom is 0.100 e. The van der Waals surface area contributed by atoms with Gasteiger partial charge in [-0.25, -0.2) is 0 Å². The lowest BCUT2D eigenvalue weighted by molar-refractivity contribution is 1.13. The molecule has 0 saturated carbocycles. The van der Waals surface area contributed by atoms with E-state index in [1.54, 1.807) is 0 Å². The highest BCUT2D eigenvalue weighted by Crippen LogP contribution is 2.56. The van der Waals surface area contributed by atoms with Crippen LogP contribution in [-0.4, -0.2) is 0 Å². The average molecular weight is 785 g/mol. The monoisotopic (exact) mass is 784 g/mol. The summed E-state index contributed by atoms with van der Waals surface area (Å²) in [4.78, 5) is 0. The molecule has 62 heavy (non-hydrogen) atoms. The van der Waals surface area contributed by atoms with E-state index >= 15 is 0 Å². The van der Waals surface area contributed by atoms with Crippen molar-refractivity contribution in [2.75, 3.05) is 0 Å². The van der Waals surface area contributed by atoms with Gasteiger partial charge >= 0.3 is 0 Å². The van der Waals surface area contributed by atoms with Crippen LogP contribution < -0.4 is 0 Å². The molecule has 0 fully saturated rings. The molecule has 0 saturated heterocycles. The van der Waals surface area contributed by atoms with Gasteiger partial charge in [-0.15, -0.1) is 0 Å². The van der Waals surface area contributed by atoms with Crippen molar-refractivity contribution >= 4 is 97.0 Å². The minimum absolute atomic E-state index is 0.420. The van der Waals surface area contributed by atoms with Gasteiger partial charge in [0.15, 0.2) is 0 Å². The van der Waals surface area contributed by atoms with Gasteiger partial charge in [0.1, 0.15) is 12.1 Å². The summed E-state index contributed by atoms with van der Waals surface area (Å²) < 4.78 is 0. The molecule has 0 heterocycles. The summed E-state index contributed by atoms with van der Waals surface area (Å²) in [5, 5.41) is 63.3. The average Bonchev–Trinajstić information content (AvgIpc) is 3.81. The molecular formula is C58H32N4. The van der Waals surface area contributed by atoms with Crippen LogP contribution in [0.2, 0.25) is 0 Å². The first kappa shape index (κ1) is 35.4. The van der Waals surface area contributed by atoms with E-state index in [1.165, 1.54) is 16.2 Å². The van der Waals surface area contributed by atoms with E-state index < -0.39 is 0 Å². The van der Waals surface area contributed by atoms with Crippen molar-refractivity contribution in [3.63, 3.8) is 0 Å². The Morgan fingerprint density at radius 3 is 1.24 bits per heavy atom. The van der Waals surface area contributed by atoms with E-state index in [0.717, 1.165) is 103 Å². The molecule has 284 valence electrons. The van der Waals surface area contributed by atoms with Gasteiger partial charge in [-0.1, -0.05) is 111 Å². The van der Waals surface area contributed by atoms with E-state index in [4.69, 9.17) is 0 Å². The number of fused-ring (bicyclic) bond motifs is 11. The van der Waals surface area contributed by atoms with Crippen LogP contribution in [0.3, 0.4) is 0 Å². The molecule has 0 amide bonds. The second kappa shape index (κ2) is 13.0. The van der Waals surface area contributed by atoms with E-state index in [0.29, 0.717) is 46.2 Å². The van der Waals surface area contributed by atoms with E-state index in [9.17, 15) is 21.0 Å². The maximum absolute atomic E-state index is 11.2. The largest absolute Gasteiger partial charge is 0.192 e. The molecule has 4 nitrogen and oxygen atoms in total. The van der Waals surface area contributed by atoms with Gasteiger partial charge in [-0.3, -0.25) is 0 Å². The lowest BCUT2D eigenvalue weighted by Crippen LogP contribution is -2.00. The summed E-state index contributed by atoms with van der Waals surface area (Å²) in [6, 6.07) is 56.7. The molecule has 0 aliphatic rings. The van der Waals surface area contributed by atoms with Crippen LogP contribution in [0.25, 0.3) is 119 Å². The third-order valence-corrected chi connectivity index (χ3v) is 13.6. The number of aryl methyl sites for hydroxylation is 2. The summed E-state index contributed by atoms with van der Waals surface area (Å²) in [5.41, 5.74) is 6.39. The van der Waals surface area contributed by atoms with Crippen molar-refractivity contribution < 1.29 is 0 Å². The third kappa shape index (κ3) is 4.46. The molecule has 0 aromatic heterocycles. The molecule has 0 spiro atoms. The molecule has 0 bridgehead atoms. The standard InChI is InChI=1S/C58H32N4/c1-3-31-19-21-35(27-59)51(49(31)29-61)56-46-25-43-41-17-9-15-39-37-13-7-5-11-33(37)23-45(53(39)41)44(43)26-47(46)57(52-36(28-60)22-20-32(4-2)50(52)30-62)58-48-24-34-12-6-8-14-38(34)40-16-10-18-42(54(40)48)55(56)58/h5-26H,3-4H2,1-2H3. The molecule has 0 radical (unpaired) electrons. The van der Waals surface area contributed by atoms with Crippen LogP contribution in [-0.2, 0) is 12.8 Å². The molecule has 0 atom stereocenters. The first-order chi connectivity index (χ1) is 30.5. The van der Waals surface area contributed by atoms with Gasteiger partial charge in [0, 0.05) is 22.3 Å². The maximum atomic E-state index is 11.2. The van der Waals surface area contributed by atoms with Crippen LogP contribution in [0.1, 0.15) is 47.2 Å². The molecule has 12 aromatic rings. The minimum Gasteiger partial charge on any atom is -0.192 e. The summed E-state index contributed by atoms with van der Waals surface area (Å²) >= 11 is 0. The van der Waals surface area contributed by atoms with Crippen molar-refractivity contribution in [1.82, 2.24) is 0 Å². The predicted octanol–water partition coefficient (Wildman–Crippen LogP) is 14.9. The second-order valence-electron chi connectivity index (χ2n) is 16.4. The second-order valence-corrected chi connectivity index (χ2v) is 16.4. The molecule has 12 aromatic carbocycles. The molecule has 0 unspecified atom stereocenters. The quantitative estimate of drug-likeness (QED) is 0.166. The SMILES string of the molecule is CCc1ccc(C#N)c(-c2c3cc4c(cc3c(-c3c(C#N)ccc(CC)c3C#N)c3c5cc6ccccc6c6cccc(c23)c65)c2cc3ccccc3c3cccc4c32)c1C#N. The summed E-state index contributed by atoms with van der Waals surface area (Å²) in [5.74, 6) is 0. The Balaban J connectivity index is 1.47. The van der Waals surface area contributed by atoms with Gasteiger partial charge in [-0.2, -0.15) is 21.0 Å². The van der Waals surface area contributed by atoms with Crippen molar-refractivity contribution in [3.05, 3.63) is 167 Å². The first-order valence-corrected chi connectivity index (χ1v) is 21.0. The Morgan fingerprint density at radius 1 is 0.323 bits per heavy atom. The van der Waals surface area contributed by atoms with Crippen molar-refractivity contribution in [2.24, 2.45) is 0 Å². The van der Waals surface area contributed by atoms with E-state index in [1.807, 2.05) is 38.1 Å². The van der Waals surface area contributed by atoms with E-state index in [2.05, 4.69) is 133 Å². The number of hydrogen-bond donors (Lipinski definition) is 0. The fourth-order valence-electron chi connectivity index (χ4n) is 11.0. The molecule has 0 aliphatic heterocycles. The topological polar surface area (TPSA) is 95.2 Å². The number of nitriles is 4. The van der Waals surface area contributed by atoms with Crippen LogP contribution in [0.15, 0.2) is 133 Å². The number of hydrogen-bond acceptors (Lipinski definition) is 4. The molecule has 4 heteroatoms.